The highest BCUT2D eigenvalue weighted by atomic mass is 15.3. The first-order valence-corrected chi connectivity index (χ1v) is 4.72. The molecule has 1 aliphatic heterocycles. The zero-order chi connectivity index (χ0) is 9.26. The molecule has 1 atom stereocenters. The van der Waals surface area contributed by atoms with Crippen molar-refractivity contribution in [2.24, 2.45) is 0 Å². The average molecular weight is 180 g/mol. The van der Waals surface area contributed by atoms with Crippen LogP contribution in [0.4, 0.5) is 5.82 Å². The summed E-state index contributed by atoms with van der Waals surface area (Å²) >= 11 is 0. The van der Waals surface area contributed by atoms with Crippen molar-refractivity contribution in [2.75, 3.05) is 31.6 Å². The molecule has 13 heavy (non-hydrogen) atoms. The van der Waals surface area contributed by atoms with Gasteiger partial charge in [0.05, 0.1) is 6.20 Å². The molecule has 0 saturated carbocycles. The second-order valence-corrected chi connectivity index (χ2v) is 3.72. The normalized spacial score (nSPS) is 25.1. The quantitative estimate of drug-likeness (QED) is 0.685. The molecule has 1 fully saturated rings. The smallest absolute Gasteiger partial charge is 0.124 e. The number of likely N-dealkylation sites (N-methyl/N-ethyl adjacent to an activating group) is 1. The zero-order valence-corrected chi connectivity index (χ0v) is 8.20. The molecule has 1 aliphatic rings. The van der Waals surface area contributed by atoms with E-state index in [1.165, 1.54) is 0 Å². The maximum Gasteiger partial charge on any atom is 0.124 e. The molecule has 0 spiro atoms. The first-order valence-electron chi connectivity index (χ1n) is 4.72. The standard InChI is InChI=1S/C9H16N4/c1-8-7-13(6-5-12(8)2)9-3-4-10-11-9/h3-4,8H,5-7H2,1-2H3,(H,10,11). The lowest BCUT2D eigenvalue weighted by molar-refractivity contribution is 0.233. The van der Waals surface area contributed by atoms with Crippen LogP contribution >= 0.6 is 0 Å². The number of aromatic amines is 1. The fraction of sp³-hybridized carbons (Fsp3) is 0.667. The van der Waals surface area contributed by atoms with Gasteiger partial charge >= 0.3 is 0 Å². The summed E-state index contributed by atoms with van der Waals surface area (Å²) in [6.07, 6.45) is 1.80. The van der Waals surface area contributed by atoms with E-state index in [0.29, 0.717) is 6.04 Å². The number of nitrogens with zero attached hydrogens (tertiary/aromatic N) is 3. The third-order valence-corrected chi connectivity index (χ3v) is 2.79. The van der Waals surface area contributed by atoms with E-state index in [0.717, 1.165) is 25.5 Å². The van der Waals surface area contributed by atoms with Crippen molar-refractivity contribution in [1.29, 1.82) is 0 Å². The number of piperazine rings is 1. The van der Waals surface area contributed by atoms with E-state index in [4.69, 9.17) is 0 Å². The summed E-state index contributed by atoms with van der Waals surface area (Å²) in [5.74, 6) is 1.14. The van der Waals surface area contributed by atoms with E-state index in [9.17, 15) is 0 Å². The van der Waals surface area contributed by atoms with Crippen molar-refractivity contribution in [3.63, 3.8) is 0 Å². The van der Waals surface area contributed by atoms with Crippen molar-refractivity contribution >= 4 is 5.82 Å². The Morgan fingerprint density at radius 2 is 2.38 bits per heavy atom. The highest BCUT2D eigenvalue weighted by molar-refractivity contribution is 5.37. The number of hydrogen-bond donors (Lipinski definition) is 1. The molecule has 2 rings (SSSR count). The molecule has 2 heterocycles. The average Bonchev–Trinajstić information content (AvgIpc) is 2.62. The summed E-state index contributed by atoms with van der Waals surface area (Å²) in [6, 6.07) is 2.65. The molecule has 4 nitrogen and oxygen atoms in total. The van der Waals surface area contributed by atoms with E-state index < -0.39 is 0 Å². The minimum atomic E-state index is 0.622. The highest BCUT2D eigenvalue weighted by Crippen LogP contribution is 2.14. The first kappa shape index (κ1) is 8.56. The highest BCUT2D eigenvalue weighted by Gasteiger charge is 2.20. The largest absolute Gasteiger partial charge is 0.354 e. The molecule has 1 aromatic rings. The predicted molar refractivity (Wildman–Crippen MR) is 52.9 cm³/mol. The van der Waals surface area contributed by atoms with Gasteiger partial charge in [-0.15, -0.1) is 0 Å². The van der Waals surface area contributed by atoms with Crippen LogP contribution in [0.1, 0.15) is 6.92 Å². The zero-order valence-electron chi connectivity index (χ0n) is 8.20. The van der Waals surface area contributed by atoms with Crippen molar-refractivity contribution in [2.45, 2.75) is 13.0 Å². The van der Waals surface area contributed by atoms with Crippen LogP contribution < -0.4 is 4.90 Å². The van der Waals surface area contributed by atoms with Crippen LogP contribution in [0.3, 0.4) is 0 Å². The minimum absolute atomic E-state index is 0.622. The maximum absolute atomic E-state index is 3.96. The maximum atomic E-state index is 3.96. The fourth-order valence-electron chi connectivity index (χ4n) is 1.69. The molecule has 1 saturated heterocycles. The molecule has 4 heteroatoms. The minimum Gasteiger partial charge on any atom is -0.354 e. The first-order chi connectivity index (χ1) is 6.27. The molecular formula is C9H16N4. The van der Waals surface area contributed by atoms with Crippen molar-refractivity contribution in [3.05, 3.63) is 12.3 Å². The molecule has 1 N–H and O–H groups in total. The van der Waals surface area contributed by atoms with Crippen molar-refractivity contribution in [1.82, 2.24) is 15.1 Å². The summed E-state index contributed by atoms with van der Waals surface area (Å²) in [4.78, 5) is 4.73. The van der Waals surface area contributed by atoms with E-state index in [1.54, 1.807) is 6.20 Å². The van der Waals surface area contributed by atoms with Gasteiger partial charge in [-0.2, -0.15) is 5.10 Å². The Balaban J connectivity index is 2.03. The van der Waals surface area contributed by atoms with Crippen LogP contribution in [-0.4, -0.2) is 47.8 Å². The molecule has 0 aliphatic carbocycles. The predicted octanol–water partition coefficient (Wildman–Crippen LogP) is 0.550. The molecule has 0 radical (unpaired) electrons. The van der Waals surface area contributed by atoms with Gasteiger partial charge in [-0.1, -0.05) is 0 Å². The van der Waals surface area contributed by atoms with Crippen LogP contribution in [0, 0.1) is 0 Å². The van der Waals surface area contributed by atoms with Crippen LogP contribution in [0.5, 0.6) is 0 Å². The molecule has 0 aromatic carbocycles. The van der Waals surface area contributed by atoms with E-state index in [-0.39, 0.29) is 0 Å². The van der Waals surface area contributed by atoms with E-state index in [1.807, 2.05) is 6.07 Å². The number of nitrogens with one attached hydrogen (secondary N) is 1. The van der Waals surface area contributed by atoms with Gasteiger partial charge in [-0.05, 0) is 14.0 Å². The summed E-state index contributed by atoms with van der Waals surface area (Å²) in [6.45, 7) is 5.55. The van der Waals surface area contributed by atoms with Crippen LogP contribution in [0.15, 0.2) is 12.3 Å². The number of rotatable bonds is 1. The Kier molecular flexibility index (Phi) is 2.22. The molecule has 72 valence electrons. The van der Waals surface area contributed by atoms with Gasteiger partial charge in [0, 0.05) is 31.7 Å². The van der Waals surface area contributed by atoms with Gasteiger partial charge in [0.15, 0.2) is 0 Å². The Bertz CT molecular complexity index is 257. The van der Waals surface area contributed by atoms with Crippen LogP contribution in [-0.2, 0) is 0 Å². The second-order valence-electron chi connectivity index (χ2n) is 3.72. The Labute approximate surface area is 78.5 Å². The Morgan fingerprint density at radius 1 is 1.54 bits per heavy atom. The summed E-state index contributed by atoms with van der Waals surface area (Å²) in [5.41, 5.74) is 0. The van der Waals surface area contributed by atoms with Crippen LogP contribution in [0.25, 0.3) is 0 Å². The third-order valence-electron chi connectivity index (χ3n) is 2.79. The van der Waals surface area contributed by atoms with Gasteiger partial charge in [0.2, 0.25) is 0 Å². The lowest BCUT2D eigenvalue weighted by Crippen LogP contribution is -2.50. The monoisotopic (exact) mass is 180 g/mol. The van der Waals surface area contributed by atoms with Crippen molar-refractivity contribution in [3.8, 4) is 0 Å². The molecule has 1 unspecified atom stereocenters. The van der Waals surface area contributed by atoms with E-state index >= 15 is 0 Å². The van der Waals surface area contributed by atoms with Gasteiger partial charge in [0.25, 0.3) is 0 Å². The SMILES string of the molecule is CC1CN(c2ccn[nH]2)CCN1C. The number of aromatic nitrogens is 2. The summed E-state index contributed by atoms with van der Waals surface area (Å²) in [7, 11) is 2.18. The summed E-state index contributed by atoms with van der Waals surface area (Å²) < 4.78 is 0. The second kappa shape index (κ2) is 3.38. The molecule has 1 aromatic heterocycles. The molecule has 0 amide bonds. The van der Waals surface area contributed by atoms with Gasteiger partial charge in [0.1, 0.15) is 5.82 Å². The number of hydrogen-bond acceptors (Lipinski definition) is 3. The topological polar surface area (TPSA) is 35.2 Å². The number of H-pyrrole nitrogens is 1. The Hall–Kier alpha value is -1.03. The number of anilines is 1. The molecule has 0 bridgehead atoms. The molecular weight excluding hydrogens is 164 g/mol. The van der Waals surface area contributed by atoms with Gasteiger partial charge in [-0.3, -0.25) is 5.10 Å². The lowest BCUT2D eigenvalue weighted by Gasteiger charge is -2.37. The summed E-state index contributed by atoms with van der Waals surface area (Å²) in [5, 5.41) is 6.96. The Morgan fingerprint density at radius 3 is 3.00 bits per heavy atom. The lowest BCUT2D eigenvalue weighted by atomic mass is 10.2. The third kappa shape index (κ3) is 1.67. The van der Waals surface area contributed by atoms with Gasteiger partial charge in [-0.25, -0.2) is 0 Å². The van der Waals surface area contributed by atoms with Crippen molar-refractivity contribution < 1.29 is 0 Å². The van der Waals surface area contributed by atoms with Gasteiger partial charge < -0.3 is 9.80 Å². The van der Waals surface area contributed by atoms with Crippen LogP contribution in [0.2, 0.25) is 0 Å². The fourth-order valence-corrected chi connectivity index (χ4v) is 1.69. The van der Waals surface area contributed by atoms with E-state index in [2.05, 4.69) is 34.0 Å².